The zero-order valence-electron chi connectivity index (χ0n) is 12.0. The normalized spacial score (nSPS) is 27.0. The van der Waals surface area contributed by atoms with E-state index in [-0.39, 0.29) is 5.60 Å². The summed E-state index contributed by atoms with van der Waals surface area (Å²) < 4.78 is 11.4. The summed E-state index contributed by atoms with van der Waals surface area (Å²) in [5.74, 6) is 0.810. The van der Waals surface area contributed by atoms with Crippen LogP contribution < -0.4 is 5.32 Å². The minimum atomic E-state index is 0.0886. The first-order valence-corrected chi connectivity index (χ1v) is 7.61. The topological polar surface area (TPSA) is 30.5 Å². The number of likely N-dealkylation sites (N-methyl/N-ethyl adjacent to an activating group) is 1. The molecule has 3 nitrogen and oxygen atoms in total. The molecule has 3 heteroatoms. The van der Waals surface area contributed by atoms with Crippen molar-refractivity contribution in [2.24, 2.45) is 5.92 Å². The van der Waals surface area contributed by atoms with Crippen LogP contribution in [-0.4, -0.2) is 39.0 Å². The lowest BCUT2D eigenvalue weighted by molar-refractivity contribution is -0.0742. The van der Waals surface area contributed by atoms with E-state index in [9.17, 15) is 0 Å². The van der Waals surface area contributed by atoms with Gasteiger partial charge in [0.25, 0.3) is 0 Å². The van der Waals surface area contributed by atoms with Crippen LogP contribution >= 0.6 is 0 Å². The molecule has 0 amide bonds. The van der Waals surface area contributed by atoms with Gasteiger partial charge in [-0.25, -0.2) is 0 Å². The summed E-state index contributed by atoms with van der Waals surface area (Å²) in [6.45, 7) is 1.89. The van der Waals surface area contributed by atoms with Gasteiger partial charge < -0.3 is 14.8 Å². The summed E-state index contributed by atoms with van der Waals surface area (Å²) in [5, 5.41) is 3.55. The summed E-state index contributed by atoms with van der Waals surface area (Å²) in [7, 11) is 4.00. The van der Waals surface area contributed by atoms with Gasteiger partial charge in [-0.05, 0) is 45.1 Å². The van der Waals surface area contributed by atoms with Crippen LogP contribution in [0, 0.1) is 5.92 Å². The molecule has 0 aromatic carbocycles. The lowest BCUT2D eigenvalue weighted by Gasteiger charge is -2.44. The third kappa shape index (κ3) is 3.25. The van der Waals surface area contributed by atoms with Crippen molar-refractivity contribution in [3.63, 3.8) is 0 Å². The number of nitrogens with one attached hydrogen (secondary N) is 1. The van der Waals surface area contributed by atoms with Crippen molar-refractivity contribution < 1.29 is 9.47 Å². The van der Waals surface area contributed by atoms with Crippen molar-refractivity contribution in [3.05, 3.63) is 0 Å². The van der Waals surface area contributed by atoms with E-state index in [0.717, 1.165) is 19.1 Å². The molecule has 1 unspecified atom stereocenters. The zero-order valence-corrected chi connectivity index (χ0v) is 12.0. The first-order valence-electron chi connectivity index (χ1n) is 7.61. The Labute approximate surface area is 112 Å². The Morgan fingerprint density at radius 2 is 1.89 bits per heavy atom. The van der Waals surface area contributed by atoms with Gasteiger partial charge in [0.05, 0.1) is 5.60 Å². The van der Waals surface area contributed by atoms with Gasteiger partial charge in [-0.2, -0.15) is 0 Å². The van der Waals surface area contributed by atoms with Crippen LogP contribution in [0.1, 0.15) is 51.4 Å². The van der Waals surface area contributed by atoms with Crippen molar-refractivity contribution in [1.82, 2.24) is 5.32 Å². The quantitative estimate of drug-likeness (QED) is 0.819. The van der Waals surface area contributed by atoms with E-state index in [4.69, 9.17) is 9.47 Å². The Morgan fingerprint density at radius 3 is 2.44 bits per heavy atom. The smallest absolute Gasteiger partial charge is 0.0830 e. The molecule has 1 aliphatic carbocycles. The molecule has 1 heterocycles. The Bertz CT molecular complexity index is 233. The molecule has 2 fully saturated rings. The number of hydrogen-bond donors (Lipinski definition) is 1. The maximum atomic E-state index is 5.98. The van der Waals surface area contributed by atoms with Gasteiger partial charge >= 0.3 is 0 Å². The van der Waals surface area contributed by atoms with Crippen LogP contribution in [0.15, 0.2) is 0 Å². The zero-order chi connectivity index (χ0) is 12.8. The van der Waals surface area contributed by atoms with Crippen LogP contribution in [0.3, 0.4) is 0 Å². The monoisotopic (exact) mass is 255 g/mol. The summed E-state index contributed by atoms with van der Waals surface area (Å²) in [5.41, 5.74) is 0.0886. The summed E-state index contributed by atoms with van der Waals surface area (Å²) in [6.07, 6.45) is 10.1. The molecule has 1 aliphatic heterocycles. The fraction of sp³-hybridized carbons (Fsp3) is 1.00. The maximum Gasteiger partial charge on any atom is 0.0830 e. The summed E-state index contributed by atoms with van der Waals surface area (Å²) in [4.78, 5) is 0. The Morgan fingerprint density at radius 1 is 1.22 bits per heavy atom. The van der Waals surface area contributed by atoms with Crippen molar-refractivity contribution in [2.75, 3.05) is 27.4 Å². The third-order valence-electron chi connectivity index (χ3n) is 5.00. The lowest BCUT2D eigenvalue weighted by atomic mass is 9.75. The third-order valence-corrected chi connectivity index (χ3v) is 5.00. The predicted molar refractivity (Wildman–Crippen MR) is 73.8 cm³/mol. The van der Waals surface area contributed by atoms with E-state index in [1.165, 1.54) is 51.4 Å². The molecular weight excluding hydrogens is 226 g/mol. The van der Waals surface area contributed by atoms with Gasteiger partial charge in [-0.1, -0.05) is 19.3 Å². The number of ether oxygens (including phenoxy) is 2. The summed E-state index contributed by atoms with van der Waals surface area (Å²) >= 11 is 0. The number of methoxy groups -OCH3 is 1. The predicted octanol–water partition coefficient (Wildman–Crippen LogP) is 2.74. The minimum Gasteiger partial charge on any atom is -0.381 e. The van der Waals surface area contributed by atoms with E-state index in [1.807, 2.05) is 7.11 Å². The number of hydrogen-bond acceptors (Lipinski definition) is 3. The standard InChI is InChI=1S/C15H29NO2/c1-16-14(12-13-6-10-18-11-7-13)15(17-2)8-4-3-5-9-15/h13-14,16H,3-12H2,1-2H3. The fourth-order valence-electron chi connectivity index (χ4n) is 3.76. The second kappa shape index (κ2) is 6.88. The molecule has 1 atom stereocenters. The highest BCUT2D eigenvalue weighted by Crippen LogP contribution is 2.37. The highest BCUT2D eigenvalue weighted by atomic mass is 16.5. The van der Waals surface area contributed by atoms with E-state index < -0.39 is 0 Å². The Hall–Kier alpha value is -0.120. The van der Waals surface area contributed by atoms with Crippen LogP contribution in [0.25, 0.3) is 0 Å². The molecule has 1 N–H and O–H groups in total. The second-order valence-corrected chi connectivity index (χ2v) is 5.96. The molecule has 0 radical (unpaired) electrons. The second-order valence-electron chi connectivity index (χ2n) is 5.96. The first kappa shape index (κ1) is 14.3. The Kier molecular flexibility index (Phi) is 5.46. The molecule has 1 saturated carbocycles. The maximum absolute atomic E-state index is 5.98. The fourth-order valence-corrected chi connectivity index (χ4v) is 3.76. The Balaban J connectivity index is 1.96. The van der Waals surface area contributed by atoms with Gasteiger partial charge in [0.15, 0.2) is 0 Å². The van der Waals surface area contributed by atoms with Gasteiger partial charge in [0.1, 0.15) is 0 Å². The average Bonchev–Trinajstić information content (AvgIpc) is 2.46. The minimum absolute atomic E-state index is 0.0886. The van der Waals surface area contributed by atoms with Gasteiger partial charge in [-0.3, -0.25) is 0 Å². The van der Waals surface area contributed by atoms with Crippen LogP contribution in [0.5, 0.6) is 0 Å². The molecule has 106 valence electrons. The average molecular weight is 255 g/mol. The van der Waals surface area contributed by atoms with Crippen LogP contribution in [0.4, 0.5) is 0 Å². The van der Waals surface area contributed by atoms with Crippen molar-refractivity contribution in [3.8, 4) is 0 Å². The molecule has 1 saturated heterocycles. The molecule has 0 aromatic rings. The molecule has 2 aliphatic rings. The van der Waals surface area contributed by atoms with E-state index in [2.05, 4.69) is 12.4 Å². The SMILES string of the molecule is CNC(CC1CCOCC1)C1(OC)CCCCC1. The van der Waals surface area contributed by atoms with Gasteiger partial charge in [0, 0.05) is 26.4 Å². The highest BCUT2D eigenvalue weighted by Gasteiger charge is 2.40. The largest absolute Gasteiger partial charge is 0.381 e. The molecule has 18 heavy (non-hydrogen) atoms. The molecule has 2 rings (SSSR count). The van der Waals surface area contributed by atoms with Gasteiger partial charge in [-0.15, -0.1) is 0 Å². The van der Waals surface area contributed by atoms with Crippen molar-refractivity contribution in [2.45, 2.75) is 63.0 Å². The molecular formula is C15H29NO2. The molecule has 0 spiro atoms. The summed E-state index contributed by atoms with van der Waals surface area (Å²) in [6, 6.07) is 0.505. The molecule has 0 aromatic heterocycles. The van der Waals surface area contributed by atoms with Crippen LogP contribution in [0.2, 0.25) is 0 Å². The van der Waals surface area contributed by atoms with Crippen molar-refractivity contribution >= 4 is 0 Å². The van der Waals surface area contributed by atoms with Crippen LogP contribution in [-0.2, 0) is 9.47 Å². The van der Waals surface area contributed by atoms with E-state index in [0.29, 0.717) is 6.04 Å². The first-order chi connectivity index (χ1) is 8.80. The number of rotatable bonds is 5. The van der Waals surface area contributed by atoms with E-state index >= 15 is 0 Å². The molecule has 0 bridgehead atoms. The van der Waals surface area contributed by atoms with Crippen molar-refractivity contribution in [1.29, 1.82) is 0 Å². The van der Waals surface area contributed by atoms with Gasteiger partial charge in [0.2, 0.25) is 0 Å². The van der Waals surface area contributed by atoms with E-state index in [1.54, 1.807) is 0 Å². The highest BCUT2D eigenvalue weighted by molar-refractivity contribution is 4.95. The lowest BCUT2D eigenvalue weighted by Crippen LogP contribution is -2.53.